The number of hydrogen-bond acceptors (Lipinski definition) is 3. The minimum atomic E-state index is -1.10. The Morgan fingerprint density at radius 1 is 1.33 bits per heavy atom. The van der Waals surface area contributed by atoms with Gasteiger partial charge in [-0.2, -0.15) is 0 Å². The monoisotopic (exact) mass is 247 g/mol. The van der Waals surface area contributed by atoms with Crippen molar-refractivity contribution in [3.05, 3.63) is 48.0 Å². The van der Waals surface area contributed by atoms with Crippen LogP contribution in [-0.4, -0.2) is 23.2 Å². The number of carbonyl (C=O) groups is 1. The molecule has 0 aliphatic heterocycles. The summed E-state index contributed by atoms with van der Waals surface area (Å²) < 4.78 is 18.7. The minimum Gasteiger partial charge on any atom is -0.495 e. The maximum atomic E-state index is 13.7. The van der Waals surface area contributed by atoms with E-state index in [9.17, 15) is 9.18 Å². The van der Waals surface area contributed by atoms with E-state index in [1.165, 1.54) is 31.6 Å². The maximum Gasteiger partial charge on any atom is 0.335 e. The van der Waals surface area contributed by atoms with Crippen LogP contribution in [0, 0.1) is 5.82 Å². The predicted molar refractivity (Wildman–Crippen MR) is 63.1 cm³/mol. The number of nitrogens with zero attached hydrogens (tertiary/aromatic N) is 1. The van der Waals surface area contributed by atoms with Crippen LogP contribution in [0.15, 0.2) is 36.7 Å². The van der Waals surface area contributed by atoms with Crippen LogP contribution in [0.25, 0.3) is 11.1 Å². The van der Waals surface area contributed by atoms with E-state index in [2.05, 4.69) is 4.98 Å². The summed E-state index contributed by atoms with van der Waals surface area (Å²) in [7, 11) is 1.48. The Kier molecular flexibility index (Phi) is 3.23. The number of aromatic nitrogens is 1. The number of benzene rings is 1. The molecule has 0 amide bonds. The molecular weight excluding hydrogens is 237 g/mol. The molecule has 0 aliphatic carbocycles. The fourth-order valence-corrected chi connectivity index (χ4v) is 1.56. The third kappa shape index (κ3) is 2.29. The Labute approximate surface area is 103 Å². The summed E-state index contributed by atoms with van der Waals surface area (Å²) in [6, 6.07) is 5.21. The quantitative estimate of drug-likeness (QED) is 0.905. The largest absolute Gasteiger partial charge is 0.495 e. The second-order valence-corrected chi connectivity index (χ2v) is 3.61. The smallest absolute Gasteiger partial charge is 0.335 e. The van der Waals surface area contributed by atoms with Crippen molar-refractivity contribution in [2.24, 2.45) is 0 Å². The standard InChI is InChI=1S/C13H10FNO3/c1-18-10-4-9(6-15-7-10)11-5-8(13(16)17)2-3-12(11)14/h2-7H,1H3,(H,16,17). The van der Waals surface area contributed by atoms with Crippen molar-refractivity contribution >= 4 is 5.97 Å². The summed E-state index contributed by atoms with van der Waals surface area (Å²) in [4.78, 5) is 14.8. The van der Waals surface area contributed by atoms with Crippen molar-refractivity contribution in [3.63, 3.8) is 0 Å². The fraction of sp³-hybridized carbons (Fsp3) is 0.0769. The van der Waals surface area contributed by atoms with E-state index in [1.807, 2.05) is 0 Å². The Morgan fingerprint density at radius 3 is 2.78 bits per heavy atom. The molecule has 0 aliphatic rings. The van der Waals surface area contributed by atoms with Crippen molar-refractivity contribution in [3.8, 4) is 16.9 Å². The summed E-state index contributed by atoms with van der Waals surface area (Å²) in [6.45, 7) is 0. The number of methoxy groups -OCH3 is 1. The van der Waals surface area contributed by atoms with Crippen molar-refractivity contribution in [1.82, 2.24) is 4.98 Å². The molecule has 1 N–H and O–H groups in total. The zero-order valence-corrected chi connectivity index (χ0v) is 9.55. The van der Waals surface area contributed by atoms with Gasteiger partial charge in [-0.1, -0.05) is 0 Å². The van der Waals surface area contributed by atoms with Crippen LogP contribution in [0.2, 0.25) is 0 Å². The van der Waals surface area contributed by atoms with E-state index in [1.54, 1.807) is 6.07 Å². The second kappa shape index (κ2) is 4.83. The molecule has 1 heterocycles. The van der Waals surface area contributed by atoms with Crippen molar-refractivity contribution in [2.45, 2.75) is 0 Å². The van der Waals surface area contributed by atoms with Gasteiger partial charge in [-0.15, -0.1) is 0 Å². The lowest BCUT2D eigenvalue weighted by atomic mass is 10.0. The van der Waals surface area contributed by atoms with Gasteiger partial charge in [-0.25, -0.2) is 9.18 Å². The number of carboxylic acids is 1. The highest BCUT2D eigenvalue weighted by molar-refractivity contribution is 5.89. The van der Waals surface area contributed by atoms with Gasteiger partial charge < -0.3 is 9.84 Å². The molecule has 0 bridgehead atoms. The van der Waals surface area contributed by atoms with Gasteiger partial charge >= 0.3 is 5.97 Å². The normalized spacial score (nSPS) is 10.1. The van der Waals surface area contributed by atoms with Crippen LogP contribution in [0.5, 0.6) is 5.75 Å². The summed E-state index contributed by atoms with van der Waals surface area (Å²) in [5.41, 5.74) is 0.672. The number of aromatic carboxylic acids is 1. The van der Waals surface area contributed by atoms with Gasteiger partial charge in [0.05, 0.1) is 18.9 Å². The van der Waals surface area contributed by atoms with Crippen LogP contribution in [0.3, 0.4) is 0 Å². The van der Waals surface area contributed by atoms with E-state index in [4.69, 9.17) is 9.84 Å². The molecular formula is C13H10FNO3. The van der Waals surface area contributed by atoms with Gasteiger partial charge in [0.15, 0.2) is 0 Å². The first-order valence-electron chi connectivity index (χ1n) is 5.14. The Morgan fingerprint density at radius 2 is 2.11 bits per heavy atom. The van der Waals surface area contributed by atoms with Crippen LogP contribution in [0.4, 0.5) is 4.39 Å². The zero-order chi connectivity index (χ0) is 13.1. The topological polar surface area (TPSA) is 59.4 Å². The average Bonchev–Trinajstić information content (AvgIpc) is 2.39. The molecule has 92 valence electrons. The summed E-state index contributed by atoms with van der Waals surface area (Å²) in [5, 5.41) is 8.89. The van der Waals surface area contributed by atoms with E-state index in [0.29, 0.717) is 11.3 Å². The molecule has 0 unspecified atom stereocenters. The lowest BCUT2D eigenvalue weighted by Crippen LogP contribution is -1.98. The van der Waals surface area contributed by atoms with Crippen molar-refractivity contribution in [1.29, 1.82) is 0 Å². The molecule has 1 aromatic heterocycles. The molecule has 4 nitrogen and oxygen atoms in total. The van der Waals surface area contributed by atoms with Gasteiger partial charge in [-0.3, -0.25) is 4.98 Å². The number of pyridine rings is 1. The van der Waals surface area contributed by atoms with E-state index < -0.39 is 11.8 Å². The van der Waals surface area contributed by atoms with Crippen LogP contribution in [0.1, 0.15) is 10.4 Å². The molecule has 0 atom stereocenters. The van der Waals surface area contributed by atoms with E-state index >= 15 is 0 Å². The van der Waals surface area contributed by atoms with E-state index in [-0.39, 0.29) is 11.1 Å². The molecule has 0 fully saturated rings. The third-order valence-electron chi connectivity index (χ3n) is 2.47. The number of halogens is 1. The highest BCUT2D eigenvalue weighted by atomic mass is 19.1. The fourth-order valence-electron chi connectivity index (χ4n) is 1.56. The van der Waals surface area contributed by atoms with Crippen LogP contribution < -0.4 is 4.74 Å². The zero-order valence-electron chi connectivity index (χ0n) is 9.55. The summed E-state index contributed by atoms with van der Waals surface area (Å²) >= 11 is 0. The van der Waals surface area contributed by atoms with Gasteiger partial charge in [0, 0.05) is 17.3 Å². The first-order chi connectivity index (χ1) is 8.61. The third-order valence-corrected chi connectivity index (χ3v) is 2.47. The highest BCUT2D eigenvalue weighted by Crippen LogP contribution is 2.26. The number of hydrogen-bond donors (Lipinski definition) is 1. The van der Waals surface area contributed by atoms with Gasteiger partial charge in [0.2, 0.25) is 0 Å². The van der Waals surface area contributed by atoms with Gasteiger partial charge in [0.25, 0.3) is 0 Å². The molecule has 0 radical (unpaired) electrons. The first kappa shape index (κ1) is 12.0. The molecule has 5 heteroatoms. The van der Waals surface area contributed by atoms with E-state index in [0.717, 1.165) is 6.07 Å². The van der Waals surface area contributed by atoms with Crippen LogP contribution in [-0.2, 0) is 0 Å². The Hall–Kier alpha value is -2.43. The average molecular weight is 247 g/mol. The maximum absolute atomic E-state index is 13.7. The Bertz CT molecular complexity index is 599. The Balaban J connectivity index is 2.54. The van der Waals surface area contributed by atoms with Gasteiger partial charge in [-0.05, 0) is 24.3 Å². The van der Waals surface area contributed by atoms with Crippen molar-refractivity contribution in [2.75, 3.05) is 7.11 Å². The minimum absolute atomic E-state index is 0.0224. The SMILES string of the molecule is COc1cncc(-c2cc(C(=O)O)ccc2F)c1. The number of rotatable bonds is 3. The number of carboxylic acid groups (broad SMARTS) is 1. The number of ether oxygens (including phenoxy) is 1. The molecule has 2 aromatic rings. The molecule has 0 saturated heterocycles. The summed E-state index contributed by atoms with van der Waals surface area (Å²) in [6.07, 6.45) is 2.94. The molecule has 2 rings (SSSR count). The molecule has 0 saturated carbocycles. The second-order valence-electron chi connectivity index (χ2n) is 3.61. The predicted octanol–water partition coefficient (Wildman–Crippen LogP) is 2.59. The highest BCUT2D eigenvalue weighted by Gasteiger charge is 2.11. The lowest BCUT2D eigenvalue weighted by molar-refractivity contribution is 0.0697. The molecule has 0 spiro atoms. The molecule has 1 aromatic carbocycles. The lowest BCUT2D eigenvalue weighted by Gasteiger charge is -2.06. The summed E-state index contributed by atoms with van der Waals surface area (Å²) in [5.74, 6) is -1.13. The van der Waals surface area contributed by atoms with Crippen molar-refractivity contribution < 1.29 is 19.0 Å². The van der Waals surface area contributed by atoms with Gasteiger partial charge in [0.1, 0.15) is 11.6 Å². The van der Waals surface area contributed by atoms with Crippen LogP contribution >= 0.6 is 0 Å². The first-order valence-corrected chi connectivity index (χ1v) is 5.14. The molecule has 18 heavy (non-hydrogen) atoms.